The van der Waals surface area contributed by atoms with E-state index in [0.29, 0.717) is 6.54 Å². The van der Waals surface area contributed by atoms with Crippen LogP contribution in [0.2, 0.25) is 0 Å². The lowest BCUT2D eigenvalue weighted by atomic mass is 9.89. The molecule has 128 valence electrons. The molecule has 0 aromatic carbocycles. The molecule has 0 saturated heterocycles. The topological polar surface area (TPSA) is 84.7 Å². The Morgan fingerprint density at radius 2 is 1.91 bits per heavy atom. The Hall–Kier alpha value is -1.30. The van der Waals surface area contributed by atoms with Gasteiger partial charge in [-0.15, -0.1) is 0 Å². The van der Waals surface area contributed by atoms with E-state index in [4.69, 9.17) is 10.5 Å². The molecule has 6 nitrogen and oxygen atoms in total. The van der Waals surface area contributed by atoms with Crippen molar-refractivity contribution in [3.8, 4) is 0 Å². The van der Waals surface area contributed by atoms with Crippen molar-refractivity contribution in [1.29, 1.82) is 0 Å². The summed E-state index contributed by atoms with van der Waals surface area (Å²) in [4.78, 5) is 26.1. The number of likely N-dealkylation sites (N-methyl/N-ethyl adjacent to an activating group) is 1. The zero-order valence-electron chi connectivity index (χ0n) is 14.5. The maximum Gasteiger partial charge on any atom is 0.407 e. The van der Waals surface area contributed by atoms with E-state index in [9.17, 15) is 9.59 Å². The number of nitrogens with zero attached hydrogens (tertiary/aromatic N) is 1. The number of carbonyl (C=O) groups excluding carboxylic acids is 2. The lowest BCUT2D eigenvalue weighted by Crippen LogP contribution is -2.57. The molecule has 0 bridgehead atoms. The smallest absolute Gasteiger partial charge is 0.407 e. The molecule has 2 amide bonds. The lowest BCUT2D eigenvalue weighted by molar-refractivity contribution is -0.135. The Labute approximate surface area is 133 Å². The molecule has 0 aromatic heterocycles. The zero-order valence-corrected chi connectivity index (χ0v) is 14.5. The van der Waals surface area contributed by atoms with E-state index in [1.807, 2.05) is 27.7 Å². The van der Waals surface area contributed by atoms with Crippen LogP contribution in [0.4, 0.5) is 4.79 Å². The molecule has 0 unspecified atom stereocenters. The summed E-state index contributed by atoms with van der Waals surface area (Å²) in [6.45, 7) is 9.75. The van der Waals surface area contributed by atoms with Gasteiger partial charge in [0.2, 0.25) is 5.91 Å². The minimum absolute atomic E-state index is 0.00947. The van der Waals surface area contributed by atoms with Crippen LogP contribution in [0.15, 0.2) is 0 Å². The van der Waals surface area contributed by atoms with Crippen molar-refractivity contribution in [1.82, 2.24) is 10.2 Å². The third-order valence-electron chi connectivity index (χ3n) is 3.85. The Morgan fingerprint density at radius 1 is 1.32 bits per heavy atom. The van der Waals surface area contributed by atoms with Crippen molar-refractivity contribution in [3.63, 3.8) is 0 Å². The van der Waals surface area contributed by atoms with Crippen molar-refractivity contribution >= 4 is 12.0 Å². The second-order valence-electron chi connectivity index (χ2n) is 7.02. The van der Waals surface area contributed by atoms with Gasteiger partial charge in [0.25, 0.3) is 0 Å². The highest BCUT2D eigenvalue weighted by Gasteiger charge is 2.34. The van der Waals surface area contributed by atoms with Crippen LogP contribution in [-0.4, -0.2) is 47.2 Å². The second-order valence-corrected chi connectivity index (χ2v) is 7.02. The Morgan fingerprint density at radius 3 is 2.41 bits per heavy atom. The van der Waals surface area contributed by atoms with Crippen molar-refractivity contribution in [3.05, 3.63) is 0 Å². The van der Waals surface area contributed by atoms with Crippen molar-refractivity contribution in [2.45, 2.75) is 84.0 Å². The van der Waals surface area contributed by atoms with Gasteiger partial charge in [0, 0.05) is 6.54 Å². The first-order chi connectivity index (χ1) is 10.2. The molecule has 1 saturated carbocycles. The lowest BCUT2D eigenvalue weighted by Gasteiger charge is -2.40. The molecule has 6 heteroatoms. The molecule has 0 spiro atoms. The minimum atomic E-state index is -0.527. The van der Waals surface area contributed by atoms with E-state index in [1.165, 1.54) is 0 Å². The highest BCUT2D eigenvalue weighted by molar-refractivity contribution is 5.81. The zero-order chi connectivity index (χ0) is 16.9. The summed E-state index contributed by atoms with van der Waals surface area (Å²) in [5.74, 6) is -0.0645. The summed E-state index contributed by atoms with van der Waals surface area (Å²) in [6.07, 6.45) is 3.41. The van der Waals surface area contributed by atoms with Crippen LogP contribution in [0.25, 0.3) is 0 Å². The number of carbonyl (C=O) groups is 2. The summed E-state index contributed by atoms with van der Waals surface area (Å²) < 4.78 is 5.33. The molecule has 1 aliphatic carbocycles. The van der Waals surface area contributed by atoms with Gasteiger partial charge in [-0.2, -0.15) is 0 Å². The van der Waals surface area contributed by atoms with Gasteiger partial charge in [-0.3, -0.25) is 4.79 Å². The first kappa shape index (κ1) is 18.7. The molecule has 3 N–H and O–H groups in total. The maximum atomic E-state index is 12.3. The van der Waals surface area contributed by atoms with Crippen molar-refractivity contribution < 1.29 is 14.3 Å². The monoisotopic (exact) mass is 313 g/mol. The normalized spacial score (nSPS) is 23.5. The SMILES string of the molecule is CCN(C(=O)[C@H](C)N)[C@H]1CCCC[C@@H]1NC(=O)OC(C)(C)C. The molecule has 3 atom stereocenters. The van der Waals surface area contributed by atoms with Crippen molar-refractivity contribution in [2.75, 3.05) is 6.54 Å². The number of rotatable bonds is 4. The quantitative estimate of drug-likeness (QED) is 0.831. The maximum absolute atomic E-state index is 12.3. The van der Waals surface area contributed by atoms with Crippen LogP contribution in [0, 0.1) is 0 Å². The van der Waals surface area contributed by atoms with Crippen LogP contribution in [0.3, 0.4) is 0 Å². The molecular weight excluding hydrogens is 282 g/mol. The van der Waals surface area contributed by atoms with Crippen LogP contribution in [0.1, 0.15) is 60.3 Å². The third-order valence-corrected chi connectivity index (χ3v) is 3.85. The first-order valence-electron chi connectivity index (χ1n) is 8.21. The molecule has 0 aromatic rings. The summed E-state index contributed by atoms with van der Waals surface area (Å²) >= 11 is 0. The van der Waals surface area contributed by atoms with E-state index in [2.05, 4.69) is 5.32 Å². The summed E-state index contributed by atoms with van der Waals surface area (Å²) in [5.41, 5.74) is 5.22. The predicted molar refractivity (Wildman–Crippen MR) is 86.5 cm³/mol. The third kappa shape index (κ3) is 5.48. The summed E-state index contributed by atoms with van der Waals surface area (Å²) in [7, 11) is 0. The van der Waals surface area contributed by atoms with E-state index in [1.54, 1.807) is 11.8 Å². The van der Waals surface area contributed by atoms with Crippen LogP contribution < -0.4 is 11.1 Å². The highest BCUT2D eigenvalue weighted by atomic mass is 16.6. The first-order valence-corrected chi connectivity index (χ1v) is 8.21. The van der Waals surface area contributed by atoms with Gasteiger partial charge in [-0.05, 0) is 47.5 Å². The molecule has 1 rings (SSSR count). The number of hydrogen-bond donors (Lipinski definition) is 2. The van der Waals surface area contributed by atoms with Crippen LogP contribution in [-0.2, 0) is 9.53 Å². The van der Waals surface area contributed by atoms with E-state index in [-0.39, 0.29) is 18.0 Å². The fourth-order valence-corrected chi connectivity index (χ4v) is 2.93. The van der Waals surface area contributed by atoms with Gasteiger partial charge in [-0.1, -0.05) is 12.8 Å². The molecule has 0 radical (unpaired) electrons. The Balaban J connectivity index is 2.78. The van der Waals surface area contributed by atoms with Gasteiger partial charge in [-0.25, -0.2) is 4.79 Å². The number of nitrogens with one attached hydrogen (secondary N) is 1. The summed E-state index contributed by atoms with van der Waals surface area (Å²) in [5, 5.41) is 2.94. The predicted octanol–water partition coefficient (Wildman–Crippen LogP) is 2.02. The Bertz CT molecular complexity index is 391. The second kappa shape index (κ2) is 7.81. The molecule has 0 aliphatic heterocycles. The van der Waals surface area contributed by atoms with E-state index >= 15 is 0 Å². The molecule has 22 heavy (non-hydrogen) atoms. The fraction of sp³-hybridized carbons (Fsp3) is 0.875. The number of alkyl carbamates (subject to hydrolysis) is 1. The van der Waals surface area contributed by atoms with Crippen LogP contribution in [0.5, 0.6) is 0 Å². The van der Waals surface area contributed by atoms with Gasteiger partial charge in [0.1, 0.15) is 5.60 Å². The van der Waals surface area contributed by atoms with E-state index in [0.717, 1.165) is 25.7 Å². The number of ether oxygens (including phenoxy) is 1. The largest absolute Gasteiger partial charge is 0.444 e. The van der Waals surface area contributed by atoms with Crippen molar-refractivity contribution in [2.24, 2.45) is 5.73 Å². The fourth-order valence-electron chi connectivity index (χ4n) is 2.93. The molecule has 1 fully saturated rings. The van der Waals surface area contributed by atoms with Crippen LogP contribution >= 0.6 is 0 Å². The number of hydrogen-bond acceptors (Lipinski definition) is 4. The number of nitrogens with two attached hydrogens (primary N) is 1. The van der Waals surface area contributed by atoms with Gasteiger partial charge >= 0.3 is 6.09 Å². The molecular formula is C16H31N3O3. The summed E-state index contributed by atoms with van der Waals surface area (Å²) in [6, 6.07) is -0.611. The van der Waals surface area contributed by atoms with Gasteiger partial charge < -0.3 is 20.7 Å². The average Bonchev–Trinajstić information content (AvgIpc) is 2.39. The van der Waals surface area contributed by atoms with Gasteiger partial charge in [0.15, 0.2) is 0 Å². The Kier molecular flexibility index (Phi) is 6.66. The minimum Gasteiger partial charge on any atom is -0.444 e. The average molecular weight is 313 g/mol. The molecule has 1 aliphatic rings. The highest BCUT2D eigenvalue weighted by Crippen LogP contribution is 2.24. The van der Waals surface area contributed by atoms with E-state index < -0.39 is 17.7 Å². The standard InChI is InChI=1S/C16H31N3O3/c1-6-19(14(20)11(2)17)13-10-8-7-9-12(13)18-15(21)22-16(3,4)5/h11-13H,6-10,17H2,1-5H3,(H,18,21)/t11-,12-,13-/m0/s1. The molecule has 0 heterocycles. The number of amides is 2. The van der Waals surface area contributed by atoms with Gasteiger partial charge in [0.05, 0.1) is 18.1 Å².